The fourth-order valence-corrected chi connectivity index (χ4v) is 2.86. The number of aliphatic imine (C=N–C) groups is 1. The minimum Gasteiger partial charge on any atom is -0.495 e. The van der Waals surface area contributed by atoms with Gasteiger partial charge in [-0.1, -0.05) is 32.0 Å². The van der Waals surface area contributed by atoms with Crippen LogP contribution in [0, 0.1) is 0 Å². The zero-order chi connectivity index (χ0) is 21.1. The summed E-state index contributed by atoms with van der Waals surface area (Å²) in [6, 6.07) is 13.3. The molecule has 0 radical (unpaired) electrons. The minimum atomic E-state index is 0.313. The first kappa shape index (κ1) is 22.4. The first-order chi connectivity index (χ1) is 14.1. The van der Waals surface area contributed by atoms with Crippen molar-refractivity contribution in [2.45, 2.75) is 20.4 Å². The van der Waals surface area contributed by atoms with Crippen molar-refractivity contribution in [1.29, 1.82) is 0 Å². The third kappa shape index (κ3) is 6.87. The van der Waals surface area contributed by atoms with Gasteiger partial charge in [0, 0.05) is 6.54 Å². The topological polar surface area (TPSA) is 81.3 Å². The van der Waals surface area contributed by atoms with Crippen LogP contribution < -0.4 is 25.3 Å². The maximum absolute atomic E-state index is 6.02. The molecule has 2 aromatic carbocycles. The predicted octanol–water partition coefficient (Wildman–Crippen LogP) is 3.35. The number of anilines is 1. The summed E-state index contributed by atoms with van der Waals surface area (Å²) < 4.78 is 16.7. The van der Waals surface area contributed by atoms with Gasteiger partial charge < -0.3 is 30.2 Å². The van der Waals surface area contributed by atoms with E-state index in [1.165, 1.54) is 0 Å². The van der Waals surface area contributed by atoms with E-state index in [4.69, 9.17) is 19.9 Å². The molecule has 0 aromatic heterocycles. The minimum absolute atomic E-state index is 0.313. The number of nitrogens with two attached hydrogens (primary N) is 1. The van der Waals surface area contributed by atoms with Crippen molar-refractivity contribution in [2.75, 3.05) is 45.8 Å². The largest absolute Gasteiger partial charge is 0.495 e. The summed E-state index contributed by atoms with van der Waals surface area (Å²) in [7, 11) is 3.25. The number of rotatable bonds is 11. The summed E-state index contributed by atoms with van der Waals surface area (Å²) in [6.45, 7) is 8.24. The number of hydrogen-bond acceptors (Lipinski definition) is 5. The van der Waals surface area contributed by atoms with Crippen molar-refractivity contribution in [1.82, 2.24) is 4.90 Å². The lowest BCUT2D eigenvalue weighted by molar-refractivity contribution is 0.217. The molecule has 3 N–H and O–H groups in total. The van der Waals surface area contributed by atoms with Crippen LogP contribution in [-0.4, -0.2) is 51.3 Å². The van der Waals surface area contributed by atoms with Crippen LogP contribution in [0.25, 0.3) is 0 Å². The van der Waals surface area contributed by atoms with E-state index in [0.717, 1.165) is 36.6 Å². The van der Waals surface area contributed by atoms with E-state index >= 15 is 0 Å². The van der Waals surface area contributed by atoms with E-state index < -0.39 is 0 Å². The first-order valence-corrected chi connectivity index (χ1v) is 9.83. The highest BCUT2D eigenvalue weighted by Crippen LogP contribution is 2.28. The van der Waals surface area contributed by atoms with E-state index in [-0.39, 0.29) is 0 Å². The molecule has 7 heteroatoms. The van der Waals surface area contributed by atoms with Gasteiger partial charge in [0.05, 0.1) is 26.5 Å². The van der Waals surface area contributed by atoms with Crippen molar-refractivity contribution in [3.05, 3.63) is 48.0 Å². The smallest absolute Gasteiger partial charge is 0.193 e. The first-order valence-electron chi connectivity index (χ1n) is 9.83. The molecular formula is C22H32N4O3. The molecule has 0 fully saturated rings. The highest BCUT2D eigenvalue weighted by atomic mass is 16.5. The van der Waals surface area contributed by atoms with E-state index in [1.807, 2.05) is 42.5 Å². The Bertz CT molecular complexity index is 791. The molecule has 2 aromatic rings. The van der Waals surface area contributed by atoms with E-state index in [0.29, 0.717) is 30.6 Å². The fourth-order valence-electron chi connectivity index (χ4n) is 2.86. The third-order valence-electron chi connectivity index (χ3n) is 4.59. The Labute approximate surface area is 173 Å². The van der Waals surface area contributed by atoms with Crippen LogP contribution in [0.4, 0.5) is 5.69 Å². The zero-order valence-corrected chi connectivity index (χ0v) is 17.8. The standard InChI is InChI=1S/C22H32N4O3/c1-5-26(6-2)13-14-29-20-12-11-17(15-21(20)28-4)16-24-22(23)25-18-9-7-8-10-19(18)27-3/h7-12,15H,5-6,13-14,16H2,1-4H3,(H3,23,24,25). The molecule has 2 rings (SSSR count). The van der Waals surface area contributed by atoms with Crippen molar-refractivity contribution >= 4 is 11.6 Å². The maximum atomic E-state index is 6.02. The molecule has 0 aliphatic heterocycles. The predicted molar refractivity (Wildman–Crippen MR) is 118 cm³/mol. The molecule has 0 spiro atoms. The highest BCUT2D eigenvalue weighted by molar-refractivity contribution is 5.93. The molecule has 0 aliphatic rings. The number of nitrogens with one attached hydrogen (secondary N) is 1. The van der Waals surface area contributed by atoms with E-state index in [1.54, 1.807) is 14.2 Å². The van der Waals surface area contributed by atoms with Gasteiger partial charge in [-0.05, 0) is 42.9 Å². The normalized spacial score (nSPS) is 11.4. The number of nitrogens with zero attached hydrogens (tertiary/aromatic N) is 2. The molecular weight excluding hydrogens is 368 g/mol. The summed E-state index contributed by atoms with van der Waals surface area (Å²) >= 11 is 0. The zero-order valence-electron chi connectivity index (χ0n) is 17.8. The Morgan fingerprint density at radius 1 is 1.00 bits per heavy atom. The second kappa shape index (κ2) is 11.8. The number of likely N-dealkylation sites (N-methyl/N-ethyl adjacent to an activating group) is 1. The molecule has 0 saturated heterocycles. The Kier molecular flexibility index (Phi) is 9.11. The molecule has 0 bridgehead atoms. The van der Waals surface area contributed by atoms with Crippen LogP contribution in [0.2, 0.25) is 0 Å². The van der Waals surface area contributed by atoms with Gasteiger partial charge in [0.25, 0.3) is 0 Å². The van der Waals surface area contributed by atoms with Gasteiger partial charge in [-0.3, -0.25) is 0 Å². The SMILES string of the molecule is CCN(CC)CCOc1ccc(CN=C(N)Nc2ccccc2OC)cc1OC. The molecule has 158 valence electrons. The van der Waals surface area contributed by atoms with Crippen molar-refractivity contribution in [3.63, 3.8) is 0 Å². The third-order valence-corrected chi connectivity index (χ3v) is 4.59. The van der Waals surface area contributed by atoms with Crippen molar-refractivity contribution in [3.8, 4) is 17.2 Å². The summed E-state index contributed by atoms with van der Waals surface area (Å²) in [5.41, 5.74) is 7.76. The molecule has 0 atom stereocenters. The Morgan fingerprint density at radius 2 is 1.72 bits per heavy atom. The summed E-state index contributed by atoms with van der Waals surface area (Å²) in [5, 5.41) is 3.06. The summed E-state index contributed by atoms with van der Waals surface area (Å²) in [6.07, 6.45) is 0. The van der Waals surface area contributed by atoms with E-state index in [2.05, 4.69) is 29.1 Å². The second-order valence-corrected chi connectivity index (χ2v) is 6.39. The molecule has 0 amide bonds. The van der Waals surface area contributed by atoms with Crippen molar-refractivity contribution < 1.29 is 14.2 Å². The number of methoxy groups -OCH3 is 2. The molecule has 0 saturated carbocycles. The van der Waals surface area contributed by atoms with Crippen LogP contribution in [-0.2, 0) is 6.54 Å². The average molecular weight is 401 g/mol. The lowest BCUT2D eigenvalue weighted by Crippen LogP contribution is -2.27. The molecule has 0 aliphatic carbocycles. The Balaban J connectivity index is 1.97. The molecule has 0 unspecified atom stereocenters. The lowest BCUT2D eigenvalue weighted by atomic mass is 10.2. The number of para-hydroxylation sites is 2. The van der Waals surface area contributed by atoms with Crippen LogP contribution in [0.15, 0.2) is 47.5 Å². The second-order valence-electron chi connectivity index (χ2n) is 6.39. The fraction of sp³-hybridized carbons (Fsp3) is 0.409. The van der Waals surface area contributed by atoms with Gasteiger partial charge >= 0.3 is 0 Å². The maximum Gasteiger partial charge on any atom is 0.193 e. The number of ether oxygens (including phenoxy) is 3. The molecule has 29 heavy (non-hydrogen) atoms. The van der Waals surface area contributed by atoms with E-state index in [9.17, 15) is 0 Å². The number of hydrogen-bond donors (Lipinski definition) is 2. The highest BCUT2D eigenvalue weighted by Gasteiger charge is 2.08. The molecule has 7 nitrogen and oxygen atoms in total. The summed E-state index contributed by atoms with van der Waals surface area (Å²) in [5.74, 6) is 2.44. The quantitative estimate of drug-likeness (QED) is 0.445. The van der Waals surface area contributed by atoms with Gasteiger partial charge in [-0.25, -0.2) is 4.99 Å². The molecule has 0 heterocycles. The van der Waals surface area contributed by atoms with Crippen LogP contribution in [0.1, 0.15) is 19.4 Å². The van der Waals surface area contributed by atoms with Crippen molar-refractivity contribution in [2.24, 2.45) is 10.7 Å². The average Bonchev–Trinajstić information content (AvgIpc) is 2.76. The van der Waals surface area contributed by atoms with Gasteiger partial charge in [-0.15, -0.1) is 0 Å². The Morgan fingerprint density at radius 3 is 2.41 bits per heavy atom. The van der Waals surface area contributed by atoms with Gasteiger partial charge in [0.1, 0.15) is 12.4 Å². The Hall–Kier alpha value is -2.93. The van der Waals surface area contributed by atoms with Crippen LogP contribution >= 0.6 is 0 Å². The number of benzene rings is 2. The lowest BCUT2D eigenvalue weighted by Gasteiger charge is -2.19. The van der Waals surface area contributed by atoms with Gasteiger partial charge in [0.2, 0.25) is 0 Å². The number of guanidine groups is 1. The van der Waals surface area contributed by atoms with Crippen LogP contribution in [0.5, 0.6) is 17.2 Å². The monoisotopic (exact) mass is 400 g/mol. The van der Waals surface area contributed by atoms with Crippen LogP contribution in [0.3, 0.4) is 0 Å². The van der Waals surface area contributed by atoms with Gasteiger partial charge in [0.15, 0.2) is 17.5 Å². The van der Waals surface area contributed by atoms with Gasteiger partial charge in [-0.2, -0.15) is 0 Å². The summed E-state index contributed by atoms with van der Waals surface area (Å²) in [4.78, 5) is 6.71.